The first kappa shape index (κ1) is 13.2. The van der Waals surface area contributed by atoms with Crippen molar-refractivity contribution in [3.05, 3.63) is 63.7 Å². The molecule has 2 nitrogen and oxygen atoms in total. The molecule has 3 rings (SSSR count). The van der Waals surface area contributed by atoms with Crippen LogP contribution >= 0.6 is 31.9 Å². The van der Waals surface area contributed by atoms with Crippen LogP contribution in [0.4, 0.5) is 0 Å². The average molecular weight is 370 g/mol. The Hall–Kier alpha value is -1.26. The Balaban J connectivity index is 0.000000138. The minimum atomic E-state index is 0.299. The first-order chi connectivity index (χ1) is 8.65. The third kappa shape index (κ3) is 3.62. The molecule has 0 saturated heterocycles. The Labute approximate surface area is 121 Å². The maximum Gasteiger partial charge on any atom is 0.133 e. The molecule has 0 unspecified atom stereocenters. The van der Waals surface area contributed by atoms with Crippen LogP contribution < -0.4 is 0 Å². The minimum Gasteiger partial charge on any atom is -0.508 e. The third-order valence-electron chi connectivity index (χ3n) is 2.24. The van der Waals surface area contributed by atoms with Crippen molar-refractivity contribution in [2.24, 2.45) is 0 Å². The lowest BCUT2D eigenvalue weighted by Crippen LogP contribution is -1.62. The molecule has 0 saturated carbocycles. The van der Waals surface area contributed by atoms with Gasteiger partial charge in [0.05, 0.1) is 6.26 Å². The van der Waals surface area contributed by atoms with Gasteiger partial charge in [0.15, 0.2) is 0 Å². The molecule has 1 N–H and O–H groups in total. The molecule has 1 aromatic heterocycles. The number of rotatable bonds is 0. The molecule has 2 aromatic carbocycles. The number of aromatic hydroxyl groups is 1. The van der Waals surface area contributed by atoms with Crippen LogP contribution in [-0.2, 0) is 0 Å². The molecule has 0 atom stereocenters. The van der Waals surface area contributed by atoms with Gasteiger partial charge in [0.1, 0.15) is 11.3 Å². The van der Waals surface area contributed by atoms with Crippen molar-refractivity contribution in [2.45, 2.75) is 0 Å². The van der Waals surface area contributed by atoms with E-state index in [0.717, 1.165) is 19.9 Å². The van der Waals surface area contributed by atoms with Gasteiger partial charge in [-0.15, -0.1) is 0 Å². The monoisotopic (exact) mass is 368 g/mol. The van der Waals surface area contributed by atoms with Gasteiger partial charge < -0.3 is 9.52 Å². The molecule has 0 amide bonds. The lowest BCUT2D eigenvalue weighted by Gasteiger charge is -1.87. The Kier molecular flexibility index (Phi) is 4.44. The average Bonchev–Trinajstić information content (AvgIpc) is 2.81. The highest BCUT2D eigenvalue weighted by molar-refractivity contribution is 9.10. The summed E-state index contributed by atoms with van der Waals surface area (Å²) < 4.78 is 7.22. The molecule has 0 aliphatic rings. The Morgan fingerprint density at radius 2 is 1.50 bits per heavy atom. The maximum absolute atomic E-state index is 8.74. The normalized spacial score (nSPS) is 9.89. The summed E-state index contributed by atoms with van der Waals surface area (Å²) in [4.78, 5) is 0. The van der Waals surface area contributed by atoms with E-state index >= 15 is 0 Å². The maximum atomic E-state index is 8.74. The zero-order valence-electron chi connectivity index (χ0n) is 9.31. The van der Waals surface area contributed by atoms with Crippen LogP contribution in [0.15, 0.2) is 68.2 Å². The molecule has 0 fully saturated rings. The van der Waals surface area contributed by atoms with Crippen molar-refractivity contribution in [3.63, 3.8) is 0 Å². The Bertz CT molecular complexity index is 609. The van der Waals surface area contributed by atoms with Gasteiger partial charge in [-0.1, -0.05) is 31.9 Å². The number of phenolic OH excluding ortho intramolecular Hbond substituents is 1. The minimum absolute atomic E-state index is 0.299. The number of halogens is 2. The van der Waals surface area contributed by atoms with Gasteiger partial charge in [0, 0.05) is 14.3 Å². The number of fused-ring (bicyclic) bond motifs is 1. The van der Waals surface area contributed by atoms with E-state index in [1.807, 2.05) is 24.3 Å². The fraction of sp³-hybridized carbons (Fsp3) is 0. The molecule has 0 aliphatic heterocycles. The molecule has 0 bridgehead atoms. The Morgan fingerprint density at radius 3 is 2.17 bits per heavy atom. The lowest BCUT2D eigenvalue weighted by atomic mass is 10.3. The van der Waals surface area contributed by atoms with Crippen molar-refractivity contribution in [2.75, 3.05) is 0 Å². The molecule has 3 aromatic rings. The molecule has 18 heavy (non-hydrogen) atoms. The number of benzene rings is 2. The Morgan fingerprint density at radius 1 is 0.833 bits per heavy atom. The van der Waals surface area contributed by atoms with Crippen LogP contribution in [-0.4, -0.2) is 5.11 Å². The number of hydrogen-bond donors (Lipinski definition) is 1. The summed E-state index contributed by atoms with van der Waals surface area (Å²) in [5.41, 5.74) is 0.934. The van der Waals surface area contributed by atoms with E-state index < -0.39 is 0 Å². The molecular weight excluding hydrogens is 360 g/mol. The summed E-state index contributed by atoms with van der Waals surface area (Å²) in [5.74, 6) is 0.299. The van der Waals surface area contributed by atoms with E-state index in [0.29, 0.717) is 5.75 Å². The predicted molar refractivity (Wildman–Crippen MR) is 79.7 cm³/mol. The van der Waals surface area contributed by atoms with Crippen molar-refractivity contribution in [3.8, 4) is 5.75 Å². The van der Waals surface area contributed by atoms with Crippen LogP contribution in [0.3, 0.4) is 0 Å². The van der Waals surface area contributed by atoms with Crippen LogP contribution in [0.2, 0.25) is 0 Å². The molecule has 0 spiro atoms. The van der Waals surface area contributed by atoms with E-state index in [1.165, 1.54) is 0 Å². The standard InChI is InChI=1S/C8H5BrO.C6H5BrO/c9-7-1-2-8-6(5-7)3-4-10-8;7-5-1-3-6(8)4-2-5/h1-5H;1-4,8H. The smallest absolute Gasteiger partial charge is 0.133 e. The molecule has 4 heteroatoms. The molecule has 0 aliphatic carbocycles. The lowest BCUT2D eigenvalue weighted by molar-refractivity contribution is 0.475. The summed E-state index contributed by atoms with van der Waals surface area (Å²) >= 11 is 6.61. The van der Waals surface area contributed by atoms with Crippen LogP contribution in [0.1, 0.15) is 0 Å². The highest BCUT2D eigenvalue weighted by Crippen LogP contribution is 2.19. The van der Waals surface area contributed by atoms with Crippen LogP contribution in [0, 0.1) is 0 Å². The highest BCUT2D eigenvalue weighted by atomic mass is 79.9. The summed E-state index contributed by atoms with van der Waals surface area (Å²) in [6.45, 7) is 0. The van der Waals surface area contributed by atoms with Gasteiger partial charge in [0.2, 0.25) is 0 Å². The zero-order chi connectivity index (χ0) is 13.0. The largest absolute Gasteiger partial charge is 0.508 e. The second-order valence-corrected chi connectivity index (χ2v) is 5.41. The SMILES string of the molecule is Brc1ccc2occc2c1.Oc1ccc(Br)cc1. The van der Waals surface area contributed by atoms with Gasteiger partial charge >= 0.3 is 0 Å². The summed E-state index contributed by atoms with van der Waals surface area (Å²) in [5, 5.41) is 9.87. The highest BCUT2D eigenvalue weighted by Gasteiger charge is 1.94. The number of hydrogen-bond acceptors (Lipinski definition) is 2. The van der Waals surface area contributed by atoms with Gasteiger partial charge in [0.25, 0.3) is 0 Å². The molecule has 0 radical (unpaired) electrons. The molecular formula is C14H10Br2O2. The van der Waals surface area contributed by atoms with Gasteiger partial charge in [-0.25, -0.2) is 0 Å². The van der Waals surface area contributed by atoms with E-state index in [2.05, 4.69) is 31.9 Å². The summed E-state index contributed by atoms with van der Waals surface area (Å²) in [6.07, 6.45) is 1.69. The van der Waals surface area contributed by atoms with Gasteiger partial charge in [-0.3, -0.25) is 0 Å². The fourth-order valence-electron chi connectivity index (χ4n) is 1.38. The zero-order valence-corrected chi connectivity index (χ0v) is 12.5. The van der Waals surface area contributed by atoms with Gasteiger partial charge in [-0.05, 0) is 48.5 Å². The second kappa shape index (κ2) is 6.07. The van der Waals surface area contributed by atoms with Crippen LogP contribution in [0.25, 0.3) is 11.0 Å². The number of phenols is 1. The van der Waals surface area contributed by atoms with Crippen molar-refractivity contribution < 1.29 is 9.52 Å². The summed E-state index contributed by atoms with van der Waals surface area (Å²) in [7, 11) is 0. The fourth-order valence-corrected chi connectivity index (χ4v) is 2.02. The van der Waals surface area contributed by atoms with E-state index in [-0.39, 0.29) is 0 Å². The van der Waals surface area contributed by atoms with Crippen molar-refractivity contribution >= 4 is 42.8 Å². The quantitative estimate of drug-likeness (QED) is 0.579. The molecule has 92 valence electrons. The number of furan rings is 1. The van der Waals surface area contributed by atoms with E-state index in [1.54, 1.807) is 30.5 Å². The summed E-state index contributed by atoms with van der Waals surface area (Å²) in [6, 6.07) is 14.7. The van der Waals surface area contributed by atoms with Crippen molar-refractivity contribution in [1.82, 2.24) is 0 Å². The second-order valence-electron chi connectivity index (χ2n) is 3.58. The van der Waals surface area contributed by atoms with E-state index in [9.17, 15) is 0 Å². The molecule has 1 heterocycles. The first-order valence-corrected chi connectivity index (χ1v) is 6.81. The predicted octanol–water partition coefficient (Wildman–Crippen LogP) is 5.35. The topological polar surface area (TPSA) is 33.4 Å². The van der Waals surface area contributed by atoms with Crippen molar-refractivity contribution in [1.29, 1.82) is 0 Å². The van der Waals surface area contributed by atoms with Crippen LogP contribution in [0.5, 0.6) is 5.75 Å². The third-order valence-corrected chi connectivity index (χ3v) is 3.26. The van der Waals surface area contributed by atoms with Gasteiger partial charge in [-0.2, -0.15) is 0 Å². The van der Waals surface area contributed by atoms with E-state index in [4.69, 9.17) is 9.52 Å². The first-order valence-electron chi connectivity index (χ1n) is 5.22.